The molecule has 6 rings (SSSR count). The molecule has 2 N–H and O–H groups in total. The molecule has 15 nitrogen and oxygen atoms in total. The van der Waals surface area contributed by atoms with E-state index in [2.05, 4.69) is 10.6 Å². The molecule has 0 unspecified atom stereocenters. The van der Waals surface area contributed by atoms with Gasteiger partial charge in [-0.1, -0.05) is 53.7 Å². The Balaban J connectivity index is 1.19. The highest BCUT2D eigenvalue weighted by Crippen LogP contribution is 2.55. The first kappa shape index (κ1) is 36.7. The average molecular weight is 767 g/mol. The van der Waals surface area contributed by atoms with Crippen molar-refractivity contribution in [2.45, 2.75) is 40.0 Å². The van der Waals surface area contributed by atoms with Gasteiger partial charge in [0.15, 0.2) is 4.08 Å². The number of likely N-dealkylation sites (N-methyl/N-ethyl adjacent to an activating group) is 1. The van der Waals surface area contributed by atoms with Gasteiger partial charge in [0.25, 0.3) is 5.69 Å². The SMILES string of the molecule is CCN1CCN(C(=O)N[C@@H](C(=O)N[C@@H]2C(=O)N3C[C@](Sc4ccc(Cl)cc4)(C(=O)OCc4ccc([N+](=O)[O-])cc4)S[C@H]23)c2ccccc2)C(=O)C1=O. The molecule has 0 saturated carbocycles. The van der Waals surface area contributed by atoms with E-state index in [1.165, 1.54) is 45.8 Å². The second-order valence-corrected chi connectivity index (χ2v) is 15.4. The number of carbonyl (C=O) groups excluding carboxylic acids is 6. The van der Waals surface area contributed by atoms with E-state index < -0.39 is 62.1 Å². The van der Waals surface area contributed by atoms with E-state index in [-0.39, 0.29) is 31.9 Å². The van der Waals surface area contributed by atoms with Crippen molar-refractivity contribution in [2.75, 3.05) is 26.2 Å². The molecule has 3 heterocycles. The van der Waals surface area contributed by atoms with Gasteiger partial charge in [-0.15, -0.1) is 11.8 Å². The van der Waals surface area contributed by atoms with E-state index in [4.69, 9.17) is 16.3 Å². The number of nitro groups is 1. The number of hydrogen-bond donors (Lipinski definition) is 2. The second kappa shape index (κ2) is 15.2. The minimum atomic E-state index is -1.37. The Kier molecular flexibility index (Phi) is 10.7. The Morgan fingerprint density at radius 3 is 2.37 bits per heavy atom. The first-order chi connectivity index (χ1) is 24.9. The molecule has 3 aliphatic rings. The summed E-state index contributed by atoms with van der Waals surface area (Å²) in [5, 5.41) is 16.1. The van der Waals surface area contributed by atoms with Crippen LogP contribution < -0.4 is 10.6 Å². The van der Waals surface area contributed by atoms with Crippen LogP contribution in [0.2, 0.25) is 5.02 Å². The second-order valence-electron chi connectivity index (χ2n) is 11.9. The number of amides is 6. The monoisotopic (exact) mass is 766 g/mol. The Morgan fingerprint density at radius 2 is 1.71 bits per heavy atom. The predicted molar refractivity (Wildman–Crippen MR) is 190 cm³/mol. The van der Waals surface area contributed by atoms with Crippen molar-refractivity contribution in [1.29, 1.82) is 0 Å². The van der Waals surface area contributed by atoms with Gasteiger partial charge in [-0.2, -0.15) is 0 Å². The van der Waals surface area contributed by atoms with E-state index in [1.54, 1.807) is 61.5 Å². The molecule has 3 saturated heterocycles. The maximum absolute atomic E-state index is 13.9. The molecule has 3 aromatic rings. The molecule has 0 aromatic heterocycles. The summed E-state index contributed by atoms with van der Waals surface area (Å²) < 4.78 is 4.34. The fraction of sp³-hybridized carbons (Fsp3) is 0.294. The summed E-state index contributed by atoms with van der Waals surface area (Å²) in [4.78, 5) is 94.4. The van der Waals surface area contributed by atoms with E-state index >= 15 is 0 Å². The van der Waals surface area contributed by atoms with E-state index in [0.29, 0.717) is 27.6 Å². The standard InChI is InChI=1S/C34H31ClN6O9S2/c1-2-38-16-17-39(30(45)29(38)44)33(47)37-25(21-6-4-3-5-7-21)27(42)36-26-28(43)40-19-34(52-31(26)40,51-24-14-10-22(35)11-15-24)32(46)50-18-20-8-12-23(13-9-20)41(48)49/h3-15,25-26,31H,2,16-19H2,1H3,(H,36,42)(H,37,47)/t25-,26-,31-,34-/m1/s1. The van der Waals surface area contributed by atoms with Crippen molar-refractivity contribution in [2.24, 2.45) is 0 Å². The number of hydrogen-bond acceptors (Lipinski definition) is 11. The quantitative estimate of drug-likeness (QED) is 0.0958. The van der Waals surface area contributed by atoms with Gasteiger partial charge in [0.1, 0.15) is 24.1 Å². The molecule has 6 amide bonds. The van der Waals surface area contributed by atoms with Crippen molar-refractivity contribution < 1.29 is 38.4 Å². The number of thioether (sulfide) groups is 2. The van der Waals surface area contributed by atoms with Crippen molar-refractivity contribution in [3.8, 4) is 0 Å². The van der Waals surface area contributed by atoms with Crippen LogP contribution >= 0.6 is 35.1 Å². The molecule has 0 aliphatic carbocycles. The average Bonchev–Trinajstić information content (AvgIpc) is 3.50. The smallest absolute Gasteiger partial charge is 0.335 e. The number of nitro benzene ring substituents is 1. The van der Waals surface area contributed by atoms with Gasteiger partial charge < -0.3 is 25.2 Å². The highest BCUT2D eigenvalue weighted by atomic mass is 35.5. The number of ether oxygens (including phenoxy) is 1. The predicted octanol–water partition coefficient (Wildman–Crippen LogP) is 3.32. The van der Waals surface area contributed by atoms with Crippen LogP contribution in [0.1, 0.15) is 24.1 Å². The zero-order valence-corrected chi connectivity index (χ0v) is 29.8. The van der Waals surface area contributed by atoms with Crippen LogP contribution in [0.3, 0.4) is 0 Å². The number of benzene rings is 3. The number of rotatable bonds is 11. The number of nitrogens with one attached hydrogen (secondary N) is 2. The fourth-order valence-electron chi connectivity index (χ4n) is 5.84. The normalized spacial score (nSPS) is 21.6. The number of nitrogens with zero attached hydrogens (tertiary/aromatic N) is 4. The van der Waals surface area contributed by atoms with Gasteiger partial charge in [-0.25, -0.2) is 9.59 Å². The summed E-state index contributed by atoms with van der Waals surface area (Å²) in [7, 11) is 0. The number of imide groups is 1. The number of urea groups is 1. The third kappa shape index (κ3) is 7.42. The number of piperazine rings is 1. The molecule has 3 fully saturated rings. The first-order valence-electron chi connectivity index (χ1n) is 16.0. The van der Waals surface area contributed by atoms with Crippen LogP contribution in [0.5, 0.6) is 0 Å². The van der Waals surface area contributed by atoms with Crippen molar-refractivity contribution in [3.05, 3.63) is 105 Å². The Labute approximate surface area is 310 Å². The highest BCUT2D eigenvalue weighted by Gasteiger charge is 2.63. The summed E-state index contributed by atoms with van der Waals surface area (Å²) >= 11 is 8.38. The summed E-state index contributed by atoms with van der Waals surface area (Å²) in [5.74, 6) is -3.69. The van der Waals surface area contributed by atoms with Gasteiger partial charge in [0.2, 0.25) is 11.8 Å². The molecule has 3 aromatic carbocycles. The van der Waals surface area contributed by atoms with Crippen LogP contribution in [0, 0.1) is 10.1 Å². The van der Waals surface area contributed by atoms with Crippen molar-refractivity contribution in [1.82, 2.24) is 25.3 Å². The number of carbonyl (C=O) groups is 6. The van der Waals surface area contributed by atoms with Gasteiger partial charge >= 0.3 is 23.8 Å². The molecule has 52 heavy (non-hydrogen) atoms. The molecule has 4 atom stereocenters. The first-order valence-corrected chi connectivity index (χ1v) is 18.1. The molecule has 0 spiro atoms. The van der Waals surface area contributed by atoms with Gasteiger partial charge in [0.05, 0.1) is 11.5 Å². The summed E-state index contributed by atoms with van der Waals surface area (Å²) in [6, 6.07) is 17.2. The summed E-state index contributed by atoms with van der Waals surface area (Å²) in [6.45, 7) is 1.87. The fourth-order valence-corrected chi connectivity index (χ4v) is 9.13. The van der Waals surface area contributed by atoms with Crippen LogP contribution in [0.25, 0.3) is 0 Å². The van der Waals surface area contributed by atoms with E-state index in [0.717, 1.165) is 16.7 Å². The van der Waals surface area contributed by atoms with Crippen LogP contribution in [-0.4, -0.2) is 96.9 Å². The van der Waals surface area contributed by atoms with Crippen LogP contribution in [0.4, 0.5) is 10.5 Å². The molecular weight excluding hydrogens is 736 g/mol. The van der Waals surface area contributed by atoms with Gasteiger partial charge in [0, 0.05) is 41.7 Å². The zero-order valence-electron chi connectivity index (χ0n) is 27.4. The highest BCUT2D eigenvalue weighted by molar-refractivity contribution is 8.20. The molecule has 0 radical (unpaired) electrons. The van der Waals surface area contributed by atoms with Crippen LogP contribution in [0.15, 0.2) is 83.8 Å². The molecule has 0 bridgehead atoms. The molecular formula is C34H31ClN6O9S2. The molecule has 18 heteroatoms. The lowest BCUT2D eigenvalue weighted by Gasteiger charge is -2.42. The van der Waals surface area contributed by atoms with E-state index in [9.17, 15) is 38.9 Å². The van der Waals surface area contributed by atoms with Gasteiger partial charge in [-0.05, 0) is 54.4 Å². The molecule has 3 aliphatic heterocycles. The Morgan fingerprint density at radius 1 is 1.02 bits per heavy atom. The van der Waals surface area contributed by atoms with E-state index in [1.807, 2.05) is 0 Å². The number of esters is 1. The minimum absolute atomic E-state index is 0.0569. The Bertz CT molecular complexity index is 1920. The largest absolute Gasteiger partial charge is 0.459 e. The van der Waals surface area contributed by atoms with Crippen molar-refractivity contribution >= 4 is 76.4 Å². The lowest BCUT2D eigenvalue weighted by Crippen LogP contribution is -2.68. The molecule has 270 valence electrons. The maximum Gasteiger partial charge on any atom is 0.335 e. The summed E-state index contributed by atoms with van der Waals surface area (Å²) in [6.07, 6.45) is 0. The zero-order chi connectivity index (χ0) is 37.2. The Hall–Kier alpha value is -5.13. The third-order valence-corrected chi connectivity index (χ3v) is 12.0. The topological polar surface area (TPSA) is 189 Å². The third-order valence-electron chi connectivity index (χ3n) is 8.65. The van der Waals surface area contributed by atoms with Crippen molar-refractivity contribution in [3.63, 3.8) is 0 Å². The van der Waals surface area contributed by atoms with Crippen LogP contribution in [-0.2, 0) is 35.3 Å². The number of fused-ring (bicyclic) bond motifs is 1. The van der Waals surface area contributed by atoms with Gasteiger partial charge in [-0.3, -0.25) is 34.2 Å². The lowest BCUT2D eigenvalue weighted by molar-refractivity contribution is -0.384. The summed E-state index contributed by atoms with van der Waals surface area (Å²) in [5.41, 5.74) is 0.773. The number of β-lactam (4-membered cyclic amide) rings is 1. The minimum Gasteiger partial charge on any atom is -0.459 e. The number of halogens is 1. The lowest BCUT2D eigenvalue weighted by atomic mass is 10.0. The number of non-ortho nitro benzene ring substituents is 1. The maximum atomic E-state index is 13.9.